The minimum absolute atomic E-state index is 0.129. The maximum absolute atomic E-state index is 12.6. The largest absolute Gasteiger partial charge is 0.398 e. The summed E-state index contributed by atoms with van der Waals surface area (Å²) >= 11 is 0. The van der Waals surface area contributed by atoms with Gasteiger partial charge in [-0.25, -0.2) is 8.42 Å². The molecule has 0 aliphatic rings. The third kappa shape index (κ3) is 3.70. The van der Waals surface area contributed by atoms with Gasteiger partial charge in [-0.3, -0.25) is 0 Å². The molecule has 0 spiro atoms. The standard InChI is InChI=1S/C13H19N3O3S/c1-11-12(15)5-3-6-13(11)20(17,18)16(8-4-7-14)9-10-19-2/h3,5-6H,4,8-10,15H2,1-2H3. The van der Waals surface area contributed by atoms with Crippen molar-refractivity contribution in [3.8, 4) is 6.07 Å². The number of nitrogen functional groups attached to an aromatic ring is 1. The second-order valence-corrected chi connectivity index (χ2v) is 6.18. The Labute approximate surface area is 119 Å². The Kier molecular flexibility index (Phi) is 5.95. The highest BCUT2D eigenvalue weighted by Crippen LogP contribution is 2.23. The van der Waals surface area contributed by atoms with Crippen LogP contribution in [0.4, 0.5) is 5.69 Å². The minimum Gasteiger partial charge on any atom is -0.398 e. The first-order chi connectivity index (χ1) is 9.45. The summed E-state index contributed by atoms with van der Waals surface area (Å²) in [7, 11) is -2.18. The zero-order valence-corrected chi connectivity index (χ0v) is 12.5. The van der Waals surface area contributed by atoms with Crippen LogP contribution in [-0.2, 0) is 14.8 Å². The fourth-order valence-electron chi connectivity index (χ4n) is 1.77. The third-order valence-electron chi connectivity index (χ3n) is 2.96. The van der Waals surface area contributed by atoms with Gasteiger partial charge in [0.05, 0.1) is 17.6 Å². The fraction of sp³-hybridized carbons (Fsp3) is 0.462. The first kappa shape index (κ1) is 16.4. The van der Waals surface area contributed by atoms with Crippen LogP contribution in [0.3, 0.4) is 0 Å². The van der Waals surface area contributed by atoms with E-state index in [1.165, 1.54) is 17.5 Å². The maximum atomic E-state index is 12.6. The minimum atomic E-state index is -3.68. The fourth-order valence-corrected chi connectivity index (χ4v) is 3.45. The number of nitrogens with zero attached hydrogens (tertiary/aromatic N) is 2. The molecule has 0 unspecified atom stereocenters. The molecule has 0 fully saturated rings. The molecule has 110 valence electrons. The number of nitriles is 1. The summed E-state index contributed by atoms with van der Waals surface area (Å²) in [5.74, 6) is 0. The number of anilines is 1. The molecule has 0 aliphatic heterocycles. The normalized spacial score (nSPS) is 11.5. The van der Waals surface area contributed by atoms with Crippen molar-refractivity contribution in [3.05, 3.63) is 23.8 Å². The van der Waals surface area contributed by atoms with Crippen molar-refractivity contribution in [1.82, 2.24) is 4.31 Å². The van der Waals surface area contributed by atoms with Crippen LogP contribution in [0.15, 0.2) is 23.1 Å². The molecular weight excluding hydrogens is 278 g/mol. The molecule has 1 rings (SSSR count). The lowest BCUT2D eigenvalue weighted by molar-refractivity contribution is 0.179. The molecule has 0 atom stereocenters. The monoisotopic (exact) mass is 297 g/mol. The van der Waals surface area contributed by atoms with E-state index in [0.29, 0.717) is 11.3 Å². The van der Waals surface area contributed by atoms with Crippen LogP contribution >= 0.6 is 0 Å². The number of sulfonamides is 1. The van der Waals surface area contributed by atoms with Crippen LogP contribution in [0.25, 0.3) is 0 Å². The second-order valence-electron chi connectivity index (χ2n) is 4.28. The third-order valence-corrected chi connectivity index (χ3v) is 5.00. The van der Waals surface area contributed by atoms with E-state index in [0.717, 1.165) is 0 Å². The average Bonchev–Trinajstić information content (AvgIpc) is 2.41. The molecule has 1 aromatic rings. The van der Waals surface area contributed by atoms with Gasteiger partial charge in [-0.15, -0.1) is 0 Å². The highest BCUT2D eigenvalue weighted by atomic mass is 32.2. The van der Waals surface area contributed by atoms with Crippen LogP contribution in [-0.4, -0.2) is 39.5 Å². The lowest BCUT2D eigenvalue weighted by Crippen LogP contribution is -2.35. The van der Waals surface area contributed by atoms with Crippen LogP contribution in [0.1, 0.15) is 12.0 Å². The predicted octanol–water partition coefficient (Wildman–Crippen LogP) is 1.13. The van der Waals surface area contributed by atoms with E-state index in [1.54, 1.807) is 19.1 Å². The Morgan fingerprint density at radius 2 is 2.10 bits per heavy atom. The van der Waals surface area contributed by atoms with Gasteiger partial charge in [0, 0.05) is 32.3 Å². The first-order valence-electron chi connectivity index (χ1n) is 6.16. The average molecular weight is 297 g/mol. The van der Waals surface area contributed by atoms with Crippen LogP contribution in [0, 0.1) is 18.3 Å². The summed E-state index contributed by atoms with van der Waals surface area (Å²) in [5, 5.41) is 8.65. The quantitative estimate of drug-likeness (QED) is 0.761. The molecule has 0 aromatic heterocycles. The molecule has 0 heterocycles. The van der Waals surface area contributed by atoms with Gasteiger partial charge in [-0.1, -0.05) is 6.07 Å². The van der Waals surface area contributed by atoms with E-state index in [1.807, 2.05) is 6.07 Å². The molecule has 0 amide bonds. The van der Waals surface area contributed by atoms with Crippen LogP contribution < -0.4 is 5.73 Å². The number of benzene rings is 1. The van der Waals surface area contributed by atoms with Crippen LogP contribution in [0.2, 0.25) is 0 Å². The van der Waals surface area contributed by atoms with E-state index in [9.17, 15) is 8.42 Å². The van der Waals surface area contributed by atoms with Gasteiger partial charge in [-0.05, 0) is 24.6 Å². The zero-order valence-electron chi connectivity index (χ0n) is 11.7. The zero-order chi connectivity index (χ0) is 15.2. The number of hydrogen-bond donors (Lipinski definition) is 1. The molecule has 0 bridgehead atoms. The SMILES string of the molecule is COCCN(CCC#N)S(=O)(=O)c1cccc(N)c1C. The molecular formula is C13H19N3O3S. The molecule has 0 saturated heterocycles. The lowest BCUT2D eigenvalue weighted by atomic mass is 10.2. The summed E-state index contributed by atoms with van der Waals surface area (Å²) in [6.07, 6.45) is 0.129. The number of ether oxygens (including phenoxy) is 1. The van der Waals surface area contributed by atoms with Crippen molar-refractivity contribution in [2.45, 2.75) is 18.2 Å². The van der Waals surface area contributed by atoms with Gasteiger partial charge in [0.25, 0.3) is 0 Å². The number of methoxy groups -OCH3 is 1. The van der Waals surface area contributed by atoms with Gasteiger partial charge in [-0.2, -0.15) is 9.57 Å². The Morgan fingerprint density at radius 3 is 2.70 bits per heavy atom. The lowest BCUT2D eigenvalue weighted by Gasteiger charge is -2.22. The Hall–Kier alpha value is -1.62. The van der Waals surface area contributed by atoms with Gasteiger partial charge in [0.2, 0.25) is 10.0 Å². The van der Waals surface area contributed by atoms with Crippen molar-refractivity contribution < 1.29 is 13.2 Å². The van der Waals surface area contributed by atoms with E-state index in [4.69, 9.17) is 15.7 Å². The predicted molar refractivity (Wildman–Crippen MR) is 76.5 cm³/mol. The summed E-state index contributed by atoms with van der Waals surface area (Å²) in [5.41, 5.74) is 6.71. The first-order valence-corrected chi connectivity index (χ1v) is 7.60. The smallest absolute Gasteiger partial charge is 0.243 e. The Balaban J connectivity index is 3.15. The Morgan fingerprint density at radius 1 is 1.40 bits per heavy atom. The second kappa shape index (κ2) is 7.24. The summed E-state index contributed by atoms with van der Waals surface area (Å²) in [6.45, 7) is 2.28. The maximum Gasteiger partial charge on any atom is 0.243 e. The molecule has 0 radical (unpaired) electrons. The molecule has 1 aromatic carbocycles. The van der Waals surface area contributed by atoms with Gasteiger partial charge < -0.3 is 10.5 Å². The summed E-state index contributed by atoms with van der Waals surface area (Å²) < 4.78 is 31.4. The topological polar surface area (TPSA) is 96.4 Å². The number of hydrogen-bond acceptors (Lipinski definition) is 5. The summed E-state index contributed by atoms with van der Waals surface area (Å²) in [6, 6.07) is 6.73. The van der Waals surface area contributed by atoms with Gasteiger partial charge in [0.15, 0.2) is 0 Å². The van der Waals surface area contributed by atoms with E-state index in [2.05, 4.69) is 0 Å². The number of rotatable bonds is 7. The van der Waals surface area contributed by atoms with Crippen molar-refractivity contribution in [3.63, 3.8) is 0 Å². The van der Waals surface area contributed by atoms with Crippen molar-refractivity contribution >= 4 is 15.7 Å². The molecule has 7 heteroatoms. The highest BCUT2D eigenvalue weighted by Gasteiger charge is 2.26. The van der Waals surface area contributed by atoms with Crippen LogP contribution in [0.5, 0.6) is 0 Å². The highest BCUT2D eigenvalue weighted by molar-refractivity contribution is 7.89. The van der Waals surface area contributed by atoms with Crippen molar-refractivity contribution in [2.24, 2.45) is 0 Å². The van der Waals surface area contributed by atoms with E-state index in [-0.39, 0.29) is 31.0 Å². The molecule has 2 N–H and O–H groups in total. The van der Waals surface area contributed by atoms with Gasteiger partial charge >= 0.3 is 0 Å². The van der Waals surface area contributed by atoms with E-state index >= 15 is 0 Å². The molecule has 20 heavy (non-hydrogen) atoms. The summed E-state index contributed by atoms with van der Waals surface area (Å²) in [4.78, 5) is 0.173. The molecule has 0 saturated carbocycles. The molecule has 6 nitrogen and oxygen atoms in total. The van der Waals surface area contributed by atoms with Gasteiger partial charge in [0.1, 0.15) is 0 Å². The Bertz CT molecular complexity index is 593. The van der Waals surface area contributed by atoms with Crippen molar-refractivity contribution in [1.29, 1.82) is 5.26 Å². The van der Waals surface area contributed by atoms with Crippen molar-refractivity contribution in [2.75, 3.05) is 32.5 Å². The van der Waals surface area contributed by atoms with E-state index < -0.39 is 10.0 Å². The number of nitrogens with two attached hydrogens (primary N) is 1. The molecule has 0 aliphatic carbocycles.